The summed E-state index contributed by atoms with van der Waals surface area (Å²) in [5, 5.41) is 8.48. The summed E-state index contributed by atoms with van der Waals surface area (Å²) in [7, 11) is 0. The van der Waals surface area contributed by atoms with E-state index in [1.165, 1.54) is 5.56 Å². The third-order valence-corrected chi connectivity index (χ3v) is 3.14. The molecule has 3 heteroatoms. The summed E-state index contributed by atoms with van der Waals surface area (Å²) in [6, 6.07) is 16.4. The van der Waals surface area contributed by atoms with Crippen LogP contribution in [0.1, 0.15) is 25.3 Å². The van der Waals surface area contributed by atoms with Crippen LogP contribution in [0.4, 0.5) is 0 Å². The Morgan fingerprint density at radius 1 is 0.944 bits per heavy atom. The number of fused-ring (bicyclic) bond motifs is 1. The Morgan fingerprint density at radius 2 is 1.67 bits per heavy atom. The van der Waals surface area contributed by atoms with E-state index in [1.54, 1.807) is 0 Å². The van der Waals surface area contributed by atoms with Crippen molar-refractivity contribution in [2.24, 2.45) is 0 Å². The maximum atomic E-state index is 4.28. The summed E-state index contributed by atoms with van der Waals surface area (Å²) in [4.78, 5) is 0. The van der Waals surface area contributed by atoms with Crippen molar-refractivity contribution in [2.75, 3.05) is 0 Å². The van der Waals surface area contributed by atoms with Gasteiger partial charge in [0.2, 0.25) is 0 Å². The molecule has 0 N–H and O–H groups in total. The number of nitrogens with zero attached hydrogens (tertiary/aromatic N) is 3. The molecule has 0 atom stereocenters. The van der Waals surface area contributed by atoms with Crippen molar-refractivity contribution in [1.29, 1.82) is 0 Å². The first-order valence-corrected chi connectivity index (χ1v) is 6.17. The number of hydrogen-bond donors (Lipinski definition) is 0. The van der Waals surface area contributed by atoms with Crippen molar-refractivity contribution in [3.63, 3.8) is 0 Å². The minimum Gasteiger partial charge on any atom is -0.213 e. The lowest BCUT2D eigenvalue weighted by Crippen LogP contribution is -2.02. The molecule has 0 bridgehead atoms. The lowest BCUT2D eigenvalue weighted by molar-refractivity contribution is 0.785. The van der Waals surface area contributed by atoms with Gasteiger partial charge >= 0.3 is 0 Å². The van der Waals surface area contributed by atoms with Crippen LogP contribution in [0.2, 0.25) is 0 Å². The highest BCUT2D eigenvalue weighted by atomic mass is 15.4. The zero-order chi connectivity index (χ0) is 12.5. The highest BCUT2D eigenvalue weighted by Gasteiger charge is 2.11. The van der Waals surface area contributed by atoms with Crippen LogP contribution in [0.15, 0.2) is 48.5 Å². The number of para-hydroxylation sites is 2. The second-order valence-corrected chi connectivity index (χ2v) is 4.70. The van der Waals surface area contributed by atoms with Gasteiger partial charge in [-0.15, -0.1) is 5.10 Å². The topological polar surface area (TPSA) is 30.7 Å². The molecule has 0 aliphatic rings. The van der Waals surface area contributed by atoms with E-state index in [9.17, 15) is 0 Å². The van der Waals surface area contributed by atoms with Gasteiger partial charge in [-0.1, -0.05) is 49.4 Å². The van der Waals surface area contributed by atoms with Gasteiger partial charge in [-0.3, -0.25) is 0 Å². The van der Waals surface area contributed by atoms with E-state index in [1.807, 2.05) is 35.0 Å². The minimum atomic E-state index is 0.462. The van der Waals surface area contributed by atoms with Gasteiger partial charge in [-0.25, -0.2) is 4.68 Å². The van der Waals surface area contributed by atoms with Gasteiger partial charge in [-0.2, -0.15) is 0 Å². The predicted molar refractivity (Wildman–Crippen MR) is 73.0 cm³/mol. The fraction of sp³-hybridized carbons (Fsp3) is 0.200. The van der Waals surface area contributed by atoms with Gasteiger partial charge in [0.25, 0.3) is 0 Å². The molecule has 0 saturated heterocycles. The molecule has 1 heterocycles. The summed E-state index contributed by atoms with van der Waals surface area (Å²) in [6.45, 7) is 4.38. The first-order chi connectivity index (χ1) is 8.77. The number of hydrogen-bond acceptors (Lipinski definition) is 2. The Hall–Kier alpha value is -2.16. The van der Waals surface area contributed by atoms with Crippen molar-refractivity contribution in [2.45, 2.75) is 19.8 Å². The summed E-state index contributed by atoms with van der Waals surface area (Å²) in [5.74, 6) is 0.462. The number of aromatic nitrogens is 3. The van der Waals surface area contributed by atoms with Crippen LogP contribution in [0, 0.1) is 0 Å². The van der Waals surface area contributed by atoms with E-state index >= 15 is 0 Å². The average Bonchev–Trinajstić information content (AvgIpc) is 2.82. The molecule has 0 amide bonds. The molecule has 0 spiro atoms. The largest absolute Gasteiger partial charge is 0.213 e. The summed E-state index contributed by atoms with van der Waals surface area (Å²) >= 11 is 0. The lowest BCUT2D eigenvalue weighted by Gasteiger charge is -2.12. The van der Waals surface area contributed by atoms with Gasteiger partial charge in [0.1, 0.15) is 5.52 Å². The number of rotatable bonds is 2. The Kier molecular flexibility index (Phi) is 2.59. The molecule has 0 unspecified atom stereocenters. The van der Waals surface area contributed by atoms with Crippen LogP contribution in [-0.4, -0.2) is 15.0 Å². The van der Waals surface area contributed by atoms with Gasteiger partial charge in [0, 0.05) is 0 Å². The fourth-order valence-electron chi connectivity index (χ4n) is 2.22. The smallest absolute Gasteiger partial charge is 0.113 e. The monoisotopic (exact) mass is 237 g/mol. The Labute approximate surface area is 106 Å². The maximum Gasteiger partial charge on any atom is 0.113 e. The lowest BCUT2D eigenvalue weighted by atomic mass is 10.0. The molecule has 90 valence electrons. The third kappa shape index (κ3) is 1.68. The first kappa shape index (κ1) is 11.0. The van der Waals surface area contributed by atoms with E-state index in [2.05, 4.69) is 42.4 Å². The molecule has 18 heavy (non-hydrogen) atoms. The molecule has 1 aromatic heterocycles. The van der Waals surface area contributed by atoms with Gasteiger partial charge in [-0.05, 0) is 29.7 Å². The Balaban J connectivity index is 2.27. The van der Waals surface area contributed by atoms with E-state index < -0.39 is 0 Å². The highest BCUT2D eigenvalue weighted by Crippen LogP contribution is 2.24. The SMILES string of the molecule is CC(C)c1ccccc1-n1nnc2ccccc21. The highest BCUT2D eigenvalue weighted by molar-refractivity contribution is 5.76. The predicted octanol–water partition coefficient (Wildman–Crippen LogP) is 3.54. The molecule has 3 nitrogen and oxygen atoms in total. The van der Waals surface area contributed by atoms with Crippen LogP contribution in [-0.2, 0) is 0 Å². The Bertz CT molecular complexity index is 683. The van der Waals surface area contributed by atoms with Crippen LogP contribution in [0.25, 0.3) is 16.7 Å². The quantitative estimate of drug-likeness (QED) is 0.682. The molecule has 0 saturated carbocycles. The summed E-state index contributed by atoms with van der Waals surface area (Å²) in [6.07, 6.45) is 0. The fourth-order valence-corrected chi connectivity index (χ4v) is 2.22. The zero-order valence-electron chi connectivity index (χ0n) is 10.5. The van der Waals surface area contributed by atoms with Crippen LogP contribution >= 0.6 is 0 Å². The minimum absolute atomic E-state index is 0.462. The van der Waals surface area contributed by atoms with E-state index in [0.29, 0.717) is 5.92 Å². The van der Waals surface area contributed by atoms with E-state index in [4.69, 9.17) is 0 Å². The van der Waals surface area contributed by atoms with Crippen molar-refractivity contribution in [1.82, 2.24) is 15.0 Å². The maximum absolute atomic E-state index is 4.28. The molecule has 3 aromatic rings. The number of benzene rings is 2. The van der Waals surface area contributed by atoms with Crippen LogP contribution < -0.4 is 0 Å². The van der Waals surface area contributed by atoms with E-state index in [-0.39, 0.29) is 0 Å². The standard InChI is InChI=1S/C15H15N3/c1-11(2)12-7-3-5-9-14(12)18-15-10-6-4-8-13(15)16-17-18/h3-11H,1-2H3. The van der Waals surface area contributed by atoms with Crippen molar-refractivity contribution >= 4 is 11.0 Å². The average molecular weight is 237 g/mol. The van der Waals surface area contributed by atoms with Crippen molar-refractivity contribution in [3.05, 3.63) is 54.1 Å². The molecule has 3 rings (SSSR count). The molecule has 2 aromatic carbocycles. The molecule has 0 aliphatic carbocycles. The van der Waals surface area contributed by atoms with Crippen LogP contribution in [0.3, 0.4) is 0 Å². The van der Waals surface area contributed by atoms with Crippen molar-refractivity contribution < 1.29 is 0 Å². The third-order valence-electron chi connectivity index (χ3n) is 3.14. The molecular weight excluding hydrogens is 222 g/mol. The molecule has 0 radical (unpaired) electrons. The molecule has 0 aliphatic heterocycles. The van der Waals surface area contributed by atoms with E-state index in [0.717, 1.165) is 16.7 Å². The summed E-state index contributed by atoms with van der Waals surface area (Å²) in [5.41, 5.74) is 4.37. The zero-order valence-corrected chi connectivity index (χ0v) is 10.5. The van der Waals surface area contributed by atoms with Gasteiger partial charge < -0.3 is 0 Å². The molecule has 0 fully saturated rings. The van der Waals surface area contributed by atoms with Gasteiger partial charge in [0.05, 0.1) is 11.2 Å². The normalized spacial score (nSPS) is 11.3. The summed E-state index contributed by atoms with van der Waals surface area (Å²) < 4.78 is 1.92. The van der Waals surface area contributed by atoms with Crippen molar-refractivity contribution in [3.8, 4) is 5.69 Å². The second-order valence-electron chi connectivity index (χ2n) is 4.70. The molecular formula is C15H15N3. The van der Waals surface area contributed by atoms with Crippen LogP contribution in [0.5, 0.6) is 0 Å². The first-order valence-electron chi connectivity index (χ1n) is 6.17. The van der Waals surface area contributed by atoms with Gasteiger partial charge in [0.15, 0.2) is 0 Å². The Morgan fingerprint density at radius 3 is 2.50 bits per heavy atom. The second kappa shape index (κ2) is 4.26.